The zero-order valence-corrected chi connectivity index (χ0v) is 20.3. The van der Waals surface area contributed by atoms with Crippen LogP contribution in [0.2, 0.25) is 0 Å². The highest BCUT2D eigenvalue weighted by molar-refractivity contribution is 5.78. The predicted octanol–water partition coefficient (Wildman–Crippen LogP) is 4.65. The Morgan fingerprint density at radius 1 is 0.838 bits per heavy atom. The van der Waals surface area contributed by atoms with Gasteiger partial charge in [-0.15, -0.1) is 0 Å². The van der Waals surface area contributed by atoms with Gasteiger partial charge in [0.15, 0.2) is 23.1 Å². The van der Waals surface area contributed by atoms with Crippen molar-refractivity contribution >= 4 is 23.0 Å². The van der Waals surface area contributed by atoms with Gasteiger partial charge in [0, 0.05) is 38.4 Å². The molecule has 3 aromatic carbocycles. The van der Waals surface area contributed by atoms with Crippen LogP contribution in [0.15, 0.2) is 79.1 Å². The summed E-state index contributed by atoms with van der Waals surface area (Å²) in [5.74, 6) is 4.53. The number of nitrogen functional groups attached to an aromatic ring is 1. The molecule has 2 aliphatic heterocycles. The molecule has 0 atom stereocenters. The predicted molar refractivity (Wildman–Crippen MR) is 143 cm³/mol. The number of hydrogen-bond donors (Lipinski definition) is 2. The summed E-state index contributed by atoms with van der Waals surface area (Å²) < 4.78 is 16.8. The standard InChI is InChI=1S/C28H28N6O3/c29-26-27(32-21-7-9-23(10-8-21)37-22-4-2-1-3-5-22)30-18-31-28(26)34-14-12-33(13-15-34)17-20-6-11-24-25(16-20)36-19-35-24/h1-11,16,18H,12-15,17,19,29H2,(H,30,31,32). The molecule has 0 saturated carbocycles. The van der Waals surface area contributed by atoms with Crippen molar-refractivity contribution in [1.82, 2.24) is 14.9 Å². The molecule has 0 aliphatic carbocycles. The van der Waals surface area contributed by atoms with E-state index in [-0.39, 0.29) is 0 Å². The molecule has 9 heteroatoms. The fourth-order valence-electron chi connectivity index (χ4n) is 4.52. The molecule has 0 amide bonds. The second-order valence-electron chi connectivity index (χ2n) is 8.97. The third-order valence-corrected chi connectivity index (χ3v) is 6.47. The minimum atomic E-state index is 0.294. The second kappa shape index (κ2) is 10.2. The van der Waals surface area contributed by atoms with Gasteiger partial charge in [-0.1, -0.05) is 24.3 Å². The fraction of sp³-hybridized carbons (Fsp3) is 0.214. The topological polar surface area (TPSA) is 98.0 Å². The molecule has 3 N–H and O–H groups in total. The maximum atomic E-state index is 6.51. The second-order valence-corrected chi connectivity index (χ2v) is 8.97. The van der Waals surface area contributed by atoms with E-state index >= 15 is 0 Å². The molecule has 9 nitrogen and oxygen atoms in total. The molecule has 6 rings (SSSR count). The molecule has 3 heterocycles. The van der Waals surface area contributed by atoms with E-state index in [1.54, 1.807) is 6.33 Å². The minimum absolute atomic E-state index is 0.294. The van der Waals surface area contributed by atoms with Gasteiger partial charge in [0.2, 0.25) is 6.79 Å². The van der Waals surface area contributed by atoms with Crippen LogP contribution < -0.4 is 30.2 Å². The summed E-state index contributed by atoms with van der Waals surface area (Å²) in [6, 6.07) is 23.5. The van der Waals surface area contributed by atoms with Crippen LogP contribution in [0.5, 0.6) is 23.0 Å². The van der Waals surface area contributed by atoms with E-state index in [0.717, 1.165) is 67.2 Å². The molecule has 1 fully saturated rings. The van der Waals surface area contributed by atoms with Crippen molar-refractivity contribution in [2.24, 2.45) is 0 Å². The van der Waals surface area contributed by atoms with Crippen molar-refractivity contribution in [3.05, 3.63) is 84.7 Å². The number of nitrogens with two attached hydrogens (primary N) is 1. The number of ether oxygens (including phenoxy) is 3. The smallest absolute Gasteiger partial charge is 0.231 e. The van der Waals surface area contributed by atoms with E-state index in [0.29, 0.717) is 18.3 Å². The lowest BCUT2D eigenvalue weighted by molar-refractivity contribution is 0.174. The Labute approximate surface area is 215 Å². The molecular weight excluding hydrogens is 468 g/mol. The van der Waals surface area contributed by atoms with E-state index < -0.39 is 0 Å². The molecule has 0 radical (unpaired) electrons. The average Bonchev–Trinajstić information content (AvgIpc) is 3.40. The minimum Gasteiger partial charge on any atom is -0.457 e. The number of fused-ring (bicyclic) bond motifs is 1. The number of nitrogens with one attached hydrogen (secondary N) is 1. The molecule has 4 aromatic rings. The van der Waals surface area contributed by atoms with Crippen molar-refractivity contribution in [1.29, 1.82) is 0 Å². The molecule has 0 bridgehead atoms. The lowest BCUT2D eigenvalue weighted by Gasteiger charge is -2.36. The number of para-hydroxylation sites is 1. The van der Waals surface area contributed by atoms with Crippen LogP contribution in [0, 0.1) is 0 Å². The van der Waals surface area contributed by atoms with E-state index in [4.69, 9.17) is 19.9 Å². The van der Waals surface area contributed by atoms with Gasteiger partial charge in [-0.05, 0) is 54.1 Å². The number of benzene rings is 3. The Balaban J connectivity index is 1.07. The van der Waals surface area contributed by atoms with Crippen LogP contribution in [0.25, 0.3) is 0 Å². The monoisotopic (exact) mass is 496 g/mol. The van der Waals surface area contributed by atoms with E-state index in [2.05, 4.69) is 37.2 Å². The van der Waals surface area contributed by atoms with Crippen molar-refractivity contribution in [3.63, 3.8) is 0 Å². The number of nitrogens with zero attached hydrogens (tertiary/aromatic N) is 4. The summed E-state index contributed by atoms with van der Waals surface area (Å²) >= 11 is 0. The van der Waals surface area contributed by atoms with Crippen molar-refractivity contribution < 1.29 is 14.2 Å². The Bertz CT molecular complexity index is 1360. The van der Waals surface area contributed by atoms with Gasteiger partial charge in [-0.25, -0.2) is 9.97 Å². The number of anilines is 4. The average molecular weight is 497 g/mol. The first-order valence-corrected chi connectivity index (χ1v) is 12.3. The molecule has 188 valence electrons. The molecule has 2 aliphatic rings. The Morgan fingerprint density at radius 2 is 1.59 bits per heavy atom. The normalized spacial score (nSPS) is 15.0. The summed E-state index contributed by atoms with van der Waals surface area (Å²) in [5, 5.41) is 3.31. The van der Waals surface area contributed by atoms with Crippen LogP contribution >= 0.6 is 0 Å². The Hall–Kier alpha value is -4.50. The molecular formula is C28H28N6O3. The number of hydrogen-bond acceptors (Lipinski definition) is 9. The van der Waals surface area contributed by atoms with Crippen molar-refractivity contribution in [2.45, 2.75) is 6.54 Å². The van der Waals surface area contributed by atoms with Crippen LogP contribution in [-0.4, -0.2) is 47.8 Å². The SMILES string of the molecule is Nc1c(Nc2ccc(Oc3ccccc3)cc2)ncnc1N1CCN(Cc2ccc3c(c2)OCO3)CC1. The summed E-state index contributed by atoms with van der Waals surface area (Å²) in [7, 11) is 0. The Kier molecular flexibility index (Phi) is 6.35. The molecule has 0 unspecified atom stereocenters. The fourth-order valence-corrected chi connectivity index (χ4v) is 4.52. The first-order chi connectivity index (χ1) is 18.2. The van der Waals surface area contributed by atoms with Crippen LogP contribution in [0.1, 0.15) is 5.56 Å². The Morgan fingerprint density at radius 3 is 2.41 bits per heavy atom. The first-order valence-electron chi connectivity index (χ1n) is 12.3. The highest BCUT2D eigenvalue weighted by Gasteiger charge is 2.22. The lowest BCUT2D eigenvalue weighted by atomic mass is 10.1. The summed E-state index contributed by atoms with van der Waals surface area (Å²) in [6.45, 7) is 4.63. The molecule has 1 aromatic heterocycles. The number of aromatic nitrogens is 2. The summed E-state index contributed by atoms with van der Waals surface area (Å²) in [4.78, 5) is 13.5. The quantitative estimate of drug-likeness (QED) is 0.379. The van der Waals surface area contributed by atoms with Crippen molar-refractivity contribution in [2.75, 3.05) is 48.9 Å². The number of rotatable bonds is 7. The maximum absolute atomic E-state index is 6.51. The molecule has 1 saturated heterocycles. The van der Waals surface area contributed by atoms with Gasteiger partial charge in [0.05, 0.1) is 0 Å². The van der Waals surface area contributed by atoms with Gasteiger partial charge in [-0.2, -0.15) is 0 Å². The zero-order chi connectivity index (χ0) is 25.0. The maximum Gasteiger partial charge on any atom is 0.231 e. The highest BCUT2D eigenvalue weighted by Crippen LogP contribution is 2.33. The van der Waals surface area contributed by atoms with Crippen molar-refractivity contribution in [3.8, 4) is 23.0 Å². The van der Waals surface area contributed by atoms with Gasteiger partial charge in [-0.3, -0.25) is 4.90 Å². The van der Waals surface area contributed by atoms with E-state index in [9.17, 15) is 0 Å². The van der Waals surface area contributed by atoms with Crippen LogP contribution in [-0.2, 0) is 6.54 Å². The van der Waals surface area contributed by atoms with E-state index in [1.807, 2.05) is 60.7 Å². The largest absolute Gasteiger partial charge is 0.457 e. The van der Waals surface area contributed by atoms with E-state index in [1.165, 1.54) is 5.56 Å². The zero-order valence-electron chi connectivity index (χ0n) is 20.3. The third-order valence-electron chi connectivity index (χ3n) is 6.47. The van der Waals surface area contributed by atoms with Gasteiger partial charge in [0.25, 0.3) is 0 Å². The molecule has 0 spiro atoms. The summed E-state index contributed by atoms with van der Waals surface area (Å²) in [5.41, 5.74) is 9.13. The third kappa shape index (κ3) is 5.22. The van der Waals surface area contributed by atoms with Gasteiger partial charge >= 0.3 is 0 Å². The molecule has 37 heavy (non-hydrogen) atoms. The lowest BCUT2D eigenvalue weighted by Crippen LogP contribution is -2.46. The van der Waals surface area contributed by atoms with Gasteiger partial charge in [0.1, 0.15) is 23.5 Å². The number of piperazine rings is 1. The summed E-state index contributed by atoms with van der Waals surface area (Å²) in [6.07, 6.45) is 1.56. The van der Waals surface area contributed by atoms with Crippen LogP contribution in [0.3, 0.4) is 0 Å². The highest BCUT2D eigenvalue weighted by atomic mass is 16.7. The van der Waals surface area contributed by atoms with Gasteiger partial charge < -0.3 is 30.2 Å². The first kappa shape index (κ1) is 22.9. The van der Waals surface area contributed by atoms with Crippen LogP contribution in [0.4, 0.5) is 23.0 Å².